The fraction of sp³-hybridized carbons (Fsp3) is 0.688. The molecule has 23 heavy (non-hydrogen) atoms. The minimum Gasteiger partial charge on any atom is -0.426 e. The molecule has 0 bridgehead atoms. The first kappa shape index (κ1) is 20.2. The lowest BCUT2D eigenvalue weighted by atomic mass is 9.84. The largest absolute Gasteiger partial charge is 0.426 e. The number of allylic oxidation sites excluding steroid dienone is 3. The number of carbonyl (C=O) groups excluding carboxylic acids is 1. The van der Waals surface area contributed by atoms with E-state index in [0.29, 0.717) is 12.2 Å². The molecule has 5 nitrogen and oxygen atoms in total. The van der Waals surface area contributed by atoms with Crippen molar-refractivity contribution in [1.82, 2.24) is 0 Å². The van der Waals surface area contributed by atoms with Gasteiger partial charge in [-0.1, -0.05) is 19.9 Å². The van der Waals surface area contributed by atoms with Gasteiger partial charge in [0.15, 0.2) is 0 Å². The van der Waals surface area contributed by atoms with Gasteiger partial charge in [0.1, 0.15) is 5.76 Å². The summed E-state index contributed by atoms with van der Waals surface area (Å²) in [6.45, 7) is 9.08. The first-order valence-corrected chi connectivity index (χ1v) is 9.74. The maximum atomic E-state index is 12.1. The Morgan fingerprint density at radius 2 is 1.74 bits per heavy atom. The number of hydrogen-bond donors (Lipinski definition) is 0. The first-order valence-electron chi connectivity index (χ1n) is 7.51. The summed E-state index contributed by atoms with van der Waals surface area (Å²) in [6.07, 6.45) is 6.10. The van der Waals surface area contributed by atoms with Gasteiger partial charge in [0.2, 0.25) is 0 Å². The third-order valence-electron chi connectivity index (χ3n) is 3.28. The smallest absolute Gasteiger partial charge is 0.355 e. The van der Waals surface area contributed by atoms with Gasteiger partial charge in [-0.05, 0) is 57.1 Å². The molecule has 0 aromatic heterocycles. The average Bonchev–Trinajstić information content (AvgIpc) is 2.37. The molecule has 0 unspecified atom stereocenters. The van der Waals surface area contributed by atoms with Crippen molar-refractivity contribution in [3.63, 3.8) is 0 Å². The van der Waals surface area contributed by atoms with Gasteiger partial charge >= 0.3 is 15.3 Å². The van der Waals surface area contributed by atoms with E-state index in [4.69, 9.17) is 15.4 Å². The predicted molar refractivity (Wildman–Crippen MR) is 90.1 cm³/mol. The normalized spacial score (nSPS) is 16.6. The molecule has 132 valence electrons. The van der Waals surface area contributed by atoms with E-state index < -0.39 is 20.2 Å². The van der Waals surface area contributed by atoms with Crippen molar-refractivity contribution in [2.75, 3.05) is 6.61 Å². The van der Waals surface area contributed by atoms with E-state index in [-0.39, 0.29) is 12.6 Å². The highest BCUT2D eigenvalue weighted by Crippen LogP contribution is 2.34. The second-order valence-electron chi connectivity index (χ2n) is 7.51. The maximum Gasteiger partial charge on any atom is 0.355 e. The molecule has 0 spiro atoms. The Hall–Kier alpha value is -0.850. The SMILES string of the molecule is CC(C)(COS(=O)(=O)Cl)CC1=CCCC=C1OC(=O)C(C)(C)C. The third-order valence-corrected chi connectivity index (χ3v) is 3.94. The van der Waals surface area contributed by atoms with Crippen LogP contribution in [0.25, 0.3) is 0 Å². The minimum atomic E-state index is -4.00. The molecule has 7 heteroatoms. The van der Waals surface area contributed by atoms with Crippen molar-refractivity contribution >= 4 is 26.0 Å². The molecule has 0 N–H and O–H groups in total. The Morgan fingerprint density at radius 3 is 2.26 bits per heavy atom. The highest BCUT2D eigenvalue weighted by molar-refractivity contribution is 8.09. The van der Waals surface area contributed by atoms with Gasteiger partial charge in [-0.25, -0.2) is 0 Å². The first-order chi connectivity index (χ1) is 10.3. The lowest BCUT2D eigenvalue weighted by Gasteiger charge is -2.28. The summed E-state index contributed by atoms with van der Waals surface area (Å²) in [5, 5.41) is 0. The number of halogens is 1. The molecular formula is C16H25ClO5S. The number of hydrogen-bond acceptors (Lipinski definition) is 5. The zero-order valence-electron chi connectivity index (χ0n) is 14.3. The Kier molecular flexibility index (Phi) is 6.47. The van der Waals surface area contributed by atoms with E-state index in [1.807, 2.05) is 26.0 Å². The lowest BCUT2D eigenvalue weighted by molar-refractivity contribution is -0.148. The fourth-order valence-electron chi connectivity index (χ4n) is 2.02. The Labute approximate surface area is 143 Å². The highest BCUT2D eigenvalue weighted by atomic mass is 35.7. The van der Waals surface area contributed by atoms with Crippen molar-refractivity contribution in [2.24, 2.45) is 10.8 Å². The van der Waals surface area contributed by atoms with Crippen molar-refractivity contribution in [1.29, 1.82) is 0 Å². The van der Waals surface area contributed by atoms with Crippen molar-refractivity contribution < 1.29 is 22.1 Å². The molecule has 0 amide bonds. The van der Waals surface area contributed by atoms with E-state index in [9.17, 15) is 13.2 Å². The topological polar surface area (TPSA) is 69.7 Å². The monoisotopic (exact) mass is 364 g/mol. The van der Waals surface area contributed by atoms with E-state index in [2.05, 4.69) is 4.18 Å². The van der Waals surface area contributed by atoms with Crippen LogP contribution in [-0.4, -0.2) is 21.0 Å². The van der Waals surface area contributed by atoms with Crippen LogP contribution in [0.15, 0.2) is 23.5 Å². The number of carbonyl (C=O) groups is 1. The zero-order chi connectivity index (χ0) is 17.9. The molecular weight excluding hydrogens is 340 g/mol. The molecule has 0 fully saturated rings. The van der Waals surface area contributed by atoms with Gasteiger partial charge in [0.25, 0.3) is 0 Å². The van der Waals surface area contributed by atoms with Crippen LogP contribution < -0.4 is 0 Å². The Morgan fingerprint density at radius 1 is 1.17 bits per heavy atom. The number of ether oxygens (including phenoxy) is 1. The van der Waals surface area contributed by atoms with E-state index in [1.165, 1.54) is 0 Å². The maximum absolute atomic E-state index is 12.1. The fourth-order valence-corrected chi connectivity index (χ4v) is 2.61. The van der Waals surface area contributed by atoms with E-state index >= 15 is 0 Å². The lowest BCUT2D eigenvalue weighted by Crippen LogP contribution is -2.25. The quantitative estimate of drug-likeness (QED) is 0.524. The molecule has 0 aromatic carbocycles. The van der Waals surface area contributed by atoms with Crippen LogP contribution in [0.1, 0.15) is 53.9 Å². The molecule has 1 aliphatic rings. The Balaban J connectivity index is 2.79. The van der Waals surface area contributed by atoms with Crippen molar-refractivity contribution in [3.8, 4) is 0 Å². The van der Waals surface area contributed by atoms with E-state index in [1.54, 1.807) is 20.8 Å². The summed E-state index contributed by atoms with van der Waals surface area (Å²) < 4.78 is 32.1. The van der Waals surface area contributed by atoms with Gasteiger partial charge in [-0.3, -0.25) is 8.98 Å². The van der Waals surface area contributed by atoms with Crippen LogP contribution in [-0.2, 0) is 23.0 Å². The van der Waals surface area contributed by atoms with Crippen molar-refractivity contribution in [2.45, 2.75) is 53.9 Å². The predicted octanol–water partition coefficient (Wildman–Crippen LogP) is 4.10. The second kappa shape index (κ2) is 7.36. The number of rotatable bonds is 6. The molecule has 0 saturated heterocycles. The molecule has 0 aliphatic heterocycles. The molecule has 0 atom stereocenters. The second-order valence-corrected chi connectivity index (χ2v) is 9.67. The van der Waals surface area contributed by atoms with Crippen molar-refractivity contribution in [3.05, 3.63) is 23.5 Å². The van der Waals surface area contributed by atoms with Crippen LogP contribution in [0.2, 0.25) is 0 Å². The summed E-state index contributed by atoms with van der Waals surface area (Å²) >= 11 is 0. The molecule has 0 radical (unpaired) electrons. The van der Waals surface area contributed by atoms with Gasteiger partial charge in [-0.2, -0.15) is 8.42 Å². The van der Waals surface area contributed by atoms with Crippen LogP contribution in [0.4, 0.5) is 0 Å². The van der Waals surface area contributed by atoms with Gasteiger partial charge < -0.3 is 4.74 Å². The highest BCUT2D eigenvalue weighted by Gasteiger charge is 2.29. The molecule has 0 saturated carbocycles. The zero-order valence-corrected chi connectivity index (χ0v) is 15.9. The van der Waals surface area contributed by atoms with Crippen LogP contribution in [0.5, 0.6) is 0 Å². The van der Waals surface area contributed by atoms with Crippen LogP contribution in [0.3, 0.4) is 0 Å². The van der Waals surface area contributed by atoms with Crippen LogP contribution >= 0.6 is 10.7 Å². The summed E-state index contributed by atoms with van der Waals surface area (Å²) in [7, 11) is 1.09. The third kappa shape index (κ3) is 7.50. The average molecular weight is 365 g/mol. The molecule has 0 aromatic rings. The van der Waals surface area contributed by atoms with Crippen LogP contribution in [0, 0.1) is 10.8 Å². The van der Waals surface area contributed by atoms with Gasteiger partial charge in [0, 0.05) is 10.7 Å². The van der Waals surface area contributed by atoms with Gasteiger partial charge in [0.05, 0.1) is 12.0 Å². The van der Waals surface area contributed by atoms with E-state index in [0.717, 1.165) is 18.4 Å². The summed E-state index contributed by atoms with van der Waals surface area (Å²) in [6, 6.07) is 0. The summed E-state index contributed by atoms with van der Waals surface area (Å²) in [5.74, 6) is 0.256. The standard InChI is InChI=1S/C16H25ClO5S/c1-15(2,3)14(18)22-13-9-7-6-8-12(13)10-16(4,5)11-21-23(17,19)20/h8-9H,6-7,10-11H2,1-5H3. The minimum absolute atomic E-state index is 0.0450. The molecule has 0 heterocycles. The molecule has 1 aliphatic carbocycles. The molecule has 1 rings (SSSR count). The summed E-state index contributed by atoms with van der Waals surface area (Å²) in [4.78, 5) is 12.1. The van der Waals surface area contributed by atoms with Gasteiger partial charge in [-0.15, -0.1) is 0 Å². The Bertz CT molecular complexity index is 609. The summed E-state index contributed by atoms with van der Waals surface area (Å²) in [5.41, 5.74) is -0.179. The number of esters is 1.